The van der Waals surface area contributed by atoms with E-state index in [4.69, 9.17) is 0 Å². The molecular formula is C18H26N2O. The minimum absolute atomic E-state index is 0.0235. The number of nitrogens with zero attached hydrogens (tertiary/aromatic N) is 2. The molecule has 0 bridgehead atoms. The van der Waals surface area contributed by atoms with Gasteiger partial charge in [-0.25, -0.2) is 0 Å². The third kappa shape index (κ3) is 4.60. The van der Waals surface area contributed by atoms with Crippen LogP contribution in [0, 0.1) is 16.7 Å². The molecule has 3 heteroatoms. The first-order valence-corrected chi connectivity index (χ1v) is 7.80. The third-order valence-corrected chi connectivity index (χ3v) is 3.90. The zero-order chi connectivity index (χ0) is 15.7. The molecule has 0 saturated carbocycles. The van der Waals surface area contributed by atoms with Crippen LogP contribution in [0.25, 0.3) is 0 Å². The number of hydrogen-bond donors (Lipinski definition) is 0. The predicted molar refractivity (Wildman–Crippen MR) is 85.6 cm³/mol. The first kappa shape index (κ1) is 17.2. The van der Waals surface area contributed by atoms with Crippen LogP contribution in [0.2, 0.25) is 0 Å². The lowest BCUT2D eigenvalue weighted by Gasteiger charge is -2.30. The minimum Gasteiger partial charge on any atom is -0.344 e. The van der Waals surface area contributed by atoms with Crippen LogP contribution in [-0.4, -0.2) is 24.4 Å². The Hall–Kier alpha value is -1.82. The molecule has 3 nitrogen and oxygen atoms in total. The van der Waals surface area contributed by atoms with Crippen LogP contribution in [0.15, 0.2) is 30.3 Å². The van der Waals surface area contributed by atoms with Gasteiger partial charge in [-0.1, -0.05) is 57.0 Å². The Labute approximate surface area is 128 Å². The van der Waals surface area contributed by atoms with Gasteiger partial charge in [-0.2, -0.15) is 5.26 Å². The topological polar surface area (TPSA) is 44.1 Å². The van der Waals surface area contributed by atoms with E-state index < -0.39 is 5.41 Å². The molecule has 1 amide bonds. The van der Waals surface area contributed by atoms with E-state index in [-0.39, 0.29) is 5.91 Å². The fraction of sp³-hybridized carbons (Fsp3) is 0.556. The summed E-state index contributed by atoms with van der Waals surface area (Å²) in [5.41, 5.74) is 0.375. The monoisotopic (exact) mass is 286 g/mol. The van der Waals surface area contributed by atoms with Gasteiger partial charge in [-0.15, -0.1) is 0 Å². The second-order valence-electron chi connectivity index (χ2n) is 5.66. The lowest BCUT2D eigenvalue weighted by molar-refractivity contribution is -0.138. The molecule has 0 radical (unpaired) electrons. The highest BCUT2D eigenvalue weighted by Gasteiger charge is 2.38. The lowest BCUT2D eigenvalue weighted by atomic mass is 9.79. The number of carbonyl (C=O) groups is 1. The highest BCUT2D eigenvalue weighted by Crippen LogP contribution is 2.31. The number of amides is 1. The van der Waals surface area contributed by atoms with Gasteiger partial charge in [0.05, 0.1) is 6.07 Å². The third-order valence-electron chi connectivity index (χ3n) is 3.90. The van der Waals surface area contributed by atoms with Gasteiger partial charge in [0.1, 0.15) is 5.41 Å². The van der Waals surface area contributed by atoms with E-state index in [1.807, 2.05) is 39.1 Å². The molecule has 0 spiro atoms. The zero-order valence-corrected chi connectivity index (χ0v) is 13.4. The number of likely N-dealkylation sites (N-methyl/N-ethyl adjacent to an activating group) is 1. The number of benzene rings is 1. The van der Waals surface area contributed by atoms with E-state index in [0.29, 0.717) is 19.4 Å². The molecule has 1 rings (SSSR count). The minimum atomic E-state index is -0.838. The van der Waals surface area contributed by atoms with E-state index in [2.05, 4.69) is 18.2 Å². The molecule has 1 aromatic carbocycles. The molecule has 114 valence electrons. The second-order valence-corrected chi connectivity index (χ2v) is 5.66. The van der Waals surface area contributed by atoms with Gasteiger partial charge in [-0.3, -0.25) is 4.79 Å². The van der Waals surface area contributed by atoms with Crippen LogP contribution in [-0.2, 0) is 11.2 Å². The Morgan fingerprint density at radius 3 is 2.24 bits per heavy atom. The molecule has 1 aromatic rings. The van der Waals surface area contributed by atoms with E-state index in [1.165, 1.54) is 5.56 Å². The summed E-state index contributed by atoms with van der Waals surface area (Å²) in [6, 6.07) is 12.4. The van der Waals surface area contributed by atoms with Crippen LogP contribution in [0.5, 0.6) is 0 Å². The van der Waals surface area contributed by atoms with Crippen molar-refractivity contribution in [3.8, 4) is 6.07 Å². The van der Waals surface area contributed by atoms with E-state index in [9.17, 15) is 10.1 Å². The van der Waals surface area contributed by atoms with Crippen molar-refractivity contribution in [2.75, 3.05) is 13.6 Å². The van der Waals surface area contributed by atoms with Crippen molar-refractivity contribution < 1.29 is 4.79 Å². The highest BCUT2D eigenvalue weighted by atomic mass is 16.2. The molecule has 0 aromatic heterocycles. The van der Waals surface area contributed by atoms with Gasteiger partial charge < -0.3 is 4.90 Å². The lowest BCUT2D eigenvalue weighted by Crippen LogP contribution is -2.42. The van der Waals surface area contributed by atoms with Crippen LogP contribution in [0.3, 0.4) is 0 Å². The zero-order valence-electron chi connectivity index (χ0n) is 13.4. The maximum atomic E-state index is 12.7. The summed E-state index contributed by atoms with van der Waals surface area (Å²) in [4.78, 5) is 14.4. The van der Waals surface area contributed by atoms with Crippen molar-refractivity contribution in [2.24, 2.45) is 5.41 Å². The summed E-state index contributed by atoms with van der Waals surface area (Å²) < 4.78 is 0. The van der Waals surface area contributed by atoms with E-state index in [0.717, 1.165) is 19.3 Å². The Balaban J connectivity index is 2.72. The van der Waals surface area contributed by atoms with Crippen LogP contribution >= 0.6 is 0 Å². The van der Waals surface area contributed by atoms with Crippen molar-refractivity contribution in [2.45, 2.75) is 46.0 Å². The van der Waals surface area contributed by atoms with Crippen LogP contribution < -0.4 is 0 Å². The Morgan fingerprint density at radius 2 is 1.76 bits per heavy atom. The van der Waals surface area contributed by atoms with Crippen molar-refractivity contribution in [1.29, 1.82) is 5.26 Å². The van der Waals surface area contributed by atoms with Gasteiger partial charge in [-0.05, 0) is 24.8 Å². The summed E-state index contributed by atoms with van der Waals surface area (Å²) in [5.74, 6) is -0.0235. The van der Waals surface area contributed by atoms with Crippen LogP contribution in [0.4, 0.5) is 0 Å². The standard InChI is InChI=1S/C18H26N2O/c1-4-12-18(15-19,13-5-2)17(21)20(3)14-11-16-9-7-6-8-10-16/h6-10H,4-5,11-14H2,1-3H3. The number of hydrogen-bond acceptors (Lipinski definition) is 2. The molecule has 0 unspecified atom stereocenters. The molecular weight excluding hydrogens is 260 g/mol. The van der Waals surface area contributed by atoms with Gasteiger partial charge in [0, 0.05) is 13.6 Å². The summed E-state index contributed by atoms with van der Waals surface area (Å²) in [5, 5.41) is 9.55. The predicted octanol–water partition coefficient (Wildman–Crippen LogP) is 3.80. The Kier molecular flexibility index (Phi) is 6.94. The molecule has 0 atom stereocenters. The summed E-state index contributed by atoms with van der Waals surface area (Å²) in [6.07, 6.45) is 3.82. The smallest absolute Gasteiger partial charge is 0.242 e. The average Bonchev–Trinajstić information content (AvgIpc) is 2.52. The molecule has 0 heterocycles. The molecule has 0 saturated heterocycles. The fourth-order valence-corrected chi connectivity index (χ4v) is 2.76. The molecule has 21 heavy (non-hydrogen) atoms. The van der Waals surface area contributed by atoms with E-state index in [1.54, 1.807) is 4.90 Å². The number of carbonyl (C=O) groups excluding carboxylic acids is 1. The number of nitriles is 1. The van der Waals surface area contributed by atoms with Crippen LogP contribution in [0.1, 0.15) is 45.1 Å². The second kappa shape index (κ2) is 8.46. The SMILES string of the molecule is CCCC(C#N)(CCC)C(=O)N(C)CCc1ccccc1. The molecule has 0 aliphatic carbocycles. The Morgan fingerprint density at radius 1 is 1.19 bits per heavy atom. The maximum absolute atomic E-state index is 12.7. The van der Waals surface area contributed by atoms with Crippen molar-refractivity contribution in [1.82, 2.24) is 4.90 Å². The van der Waals surface area contributed by atoms with Gasteiger partial charge in [0.15, 0.2) is 0 Å². The van der Waals surface area contributed by atoms with E-state index >= 15 is 0 Å². The quantitative estimate of drug-likeness (QED) is 0.729. The van der Waals surface area contributed by atoms with Gasteiger partial charge >= 0.3 is 0 Å². The summed E-state index contributed by atoms with van der Waals surface area (Å²) in [6.45, 7) is 4.71. The molecule has 0 aliphatic rings. The average molecular weight is 286 g/mol. The number of rotatable bonds is 8. The van der Waals surface area contributed by atoms with Crippen molar-refractivity contribution in [3.63, 3.8) is 0 Å². The largest absolute Gasteiger partial charge is 0.344 e. The van der Waals surface area contributed by atoms with Gasteiger partial charge in [0.25, 0.3) is 0 Å². The normalized spacial score (nSPS) is 11.0. The molecule has 0 fully saturated rings. The molecule has 0 aliphatic heterocycles. The fourth-order valence-electron chi connectivity index (χ4n) is 2.76. The molecule has 0 N–H and O–H groups in total. The summed E-state index contributed by atoms with van der Waals surface area (Å²) in [7, 11) is 1.81. The van der Waals surface area contributed by atoms with Crippen molar-refractivity contribution in [3.05, 3.63) is 35.9 Å². The Bertz CT molecular complexity index is 470. The highest BCUT2D eigenvalue weighted by molar-refractivity contribution is 5.85. The van der Waals surface area contributed by atoms with Gasteiger partial charge in [0.2, 0.25) is 5.91 Å². The first-order valence-electron chi connectivity index (χ1n) is 7.80. The summed E-state index contributed by atoms with van der Waals surface area (Å²) >= 11 is 0. The van der Waals surface area contributed by atoms with Crippen molar-refractivity contribution >= 4 is 5.91 Å². The first-order chi connectivity index (χ1) is 10.1. The maximum Gasteiger partial charge on any atom is 0.242 e.